The monoisotopic (exact) mass is 371 g/mol. The standard InChI is InChI=1S/C17H14BrN3O2/c1-9-15-13(16(22)19-12-4-2-3-11(18)7-12)8-14(10-5-6-10)20-17(15)23-21-9/h2-4,7-8,10H,5-6H2,1H3,(H,19,22). The van der Waals surface area contributed by atoms with Crippen LogP contribution in [-0.4, -0.2) is 16.0 Å². The van der Waals surface area contributed by atoms with E-state index >= 15 is 0 Å². The van der Waals surface area contributed by atoms with E-state index in [0.717, 1.165) is 28.7 Å². The molecule has 4 rings (SSSR count). The summed E-state index contributed by atoms with van der Waals surface area (Å²) >= 11 is 3.41. The summed E-state index contributed by atoms with van der Waals surface area (Å²) in [4.78, 5) is 17.3. The Morgan fingerprint density at radius 1 is 1.35 bits per heavy atom. The molecule has 23 heavy (non-hydrogen) atoms. The van der Waals surface area contributed by atoms with E-state index in [-0.39, 0.29) is 5.91 Å². The minimum absolute atomic E-state index is 0.177. The third kappa shape index (κ3) is 2.74. The highest BCUT2D eigenvalue weighted by Crippen LogP contribution is 2.40. The highest BCUT2D eigenvalue weighted by Gasteiger charge is 2.28. The number of carbonyl (C=O) groups excluding carboxylic acids is 1. The van der Waals surface area contributed by atoms with Crippen molar-refractivity contribution in [2.75, 3.05) is 5.32 Å². The number of halogens is 1. The molecule has 1 fully saturated rings. The zero-order valence-corrected chi connectivity index (χ0v) is 14.1. The van der Waals surface area contributed by atoms with Gasteiger partial charge in [-0.3, -0.25) is 4.79 Å². The Balaban J connectivity index is 1.77. The fourth-order valence-corrected chi connectivity index (χ4v) is 3.04. The maximum Gasteiger partial charge on any atom is 0.259 e. The number of amides is 1. The van der Waals surface area contributed by atoms with Gasteiger partial charge in [-0.15, -0.1) is 0 Å². The quantitative estimate of drug-likeness (QED) is 0.739. The van der Waals surface area contributed by atoms with Gasteiger partial charge in [-0.1, -0.05) is 27.2 Å². The summed E-state index contributed by atoms with van der Waals surface area (Å²) in [6.07, 6.45) is 2.22. The van der Waals surface area contributed by atoms with Gasteiger partial charge in [-0.05, 0) is 44.0 Å². The number of rotatable bonds is 3. The maximum atomic E-state index is 12.8. The predicted octanol–water partition coefficient (Wildman–Crippen LogP) is 4.42. The SMILES string of the molecule is Cc1noc2nc(C3CC3)cc(C(=O)Nc3cccc(Br)c3)c12. The van der Waals surface area contributed by atoms with Crippen LogP contribution in [0.2, 0.25) is 0 Å². The van der Waals surface area contributed by atoms with Gasteiger partial charge in [0.05, 0.1) is 16.6 Å². The van der Waals surface area contributed by atoms with E-state index in [0.29, 0.717) is 28.3 Å². The van der Waals surface area contributed by atoms with E-state index in [1.165, 1.54) is 0 Å². The molecule has 0 saturated heterocycles. The number of nitrogens with zero attached hydrogens (tertiary/aromatic N) is 2. The number of hydrogen-bond acceptors (Lipinski definition) is 4. The van der Waals surface area contributed by atoms with Crippen molar-refractivity contribution in [1.29, 1.82) is 0 Å². The van der Waals surface area contributed by atoms with E-state index < -0.39 is 0 Å². The van der Waals surface area contributed by atoms with E-state index in [9.17, 15) is 4.79 Å². The molecule has 1 aliphatic carbocycles. The van der Waals surface area contributed by atoms with Crippen LogP contribution in [0.1, 0.15) is 40.5 Å². The molecule has 6 heteroatoms. The van der Waals surface area contributed by atoms with Gasteiger partial charge in [0.2, 0.25) is 0 Å². The van der Waals surface area contributed by atoms with Gasteiger partial charge in [-0.2, -0.15) is 0 Å². The third-order valence-corrected chi connectivity index (χ3v) is 4.45. The summed E-state index contributed by atoms with van der Waals surface area (Å²) in [6, 6.07) is 9.37. The van der Waals surface area contributed by atoms with Gasteiger partial charge in [0.1, 0.15) is 0 Å². The van der Waals surface area contributed by atoms with Crippen LogP contribution < -0.4 is 5.32 Å². The van der Waals surface area contributed by atoms with Crippen molar-refractivity contribution in [3.8, 4) is 0 Å². The van der Waals surface area contributed by atoms with Crippen molar-refractivity contribution in [2.24, 2.45) is 0 Å². The van der Waals surface area contributed by atoms with Crippen molar-refractivity contribution >= 4 is 38.6 Å². The first-order valence-electron chi connectivity index (χ1n) is 7.45. The molecule has 0 atom stereocenters. The molecule has 1 N–H and O–H groups in total. The molecule has 2 aromatic heterocycles. The maximum absolute atomic E-state index is 12.8. The molecule has 1 saturated carbocycles. The molecule has 5 nitrogen and oxygen atoms in total. The van der Waals surface area contributed by atoms with Gasteiger partial charge < -0.3 is 9.84 Å². The van der Waals surface area contributed by atoms with Crippen molar-refractivity contribution in [3.63, 3.8) is 0 Å². The lowest BCUT2D eigenvalue weighted by Crippen LogP contribution is -2.13. The molecule has 2 heterocycles. The normalized spacial score (nSPS) is 14.2. The number of aromatic nitrogens is 2. The van der Waals surface area contributed by atoms with Crippen LogP contribution in [0.5, 0.6) is 0 Å². The van der Waals surface area contributed by atoms with Gasteiger partial charge in [0, 0.05) is 21.8 Å². The number of carbonyl (C=O) groups is 1. The fourth-order valence-electron chi connectivity index (χ4n) is 2.65. The molecule has 0 aliphatic heterocycles. The number of hydrogen-bond donors (Lipinski definition) is 1. The number of fused-ring (bicyclic) bond motifs is 1. The van der Waals surface area contributed by atoms with E-state index in [2.05, 4.69) is 31.4 Å². The molecular formula is C17H14BrN3O2. The molecule has 0 unspecified atom stereocenters. The predicted molar refractivity (Wildman–Crippen MR) is 90.6 cm³/mol. The lowest BCUT2D eigenvalue weighted by atomic mass is 10.1. The Morgan fingerprint density at radius 2 is 2.17 bits per heavy atom. The van der Waals surface area contributed by atoms with Crippen LogP contribution in [0.25, 0.3) is 11.1 Å². The Morgan fingerprint density at radius 3 is 2.91 bits per heavy atom. The lowest BCUT2D eigenvalue weighted by Gasteiger charge is -2.08. The second-order valence-electron chi connectivity index (χ2n) is 5.78. The molecule has 1 amide bonds. The van der Waals surface area contributed by atoms with Gasteiger partial charge in [0.15, 0.2) is 0 Å². The molecule has 0 spiro atoms. The van der Waals surface area contributed by atoms with Crippen LogP contribution in [0.4, 0.5) is 5.69 Å². The summed E-state index contributed by atoms with van der Waals surface area (Å²) in [7, 11) is 0. The number of anilines is 1. The molecule has 1 aromatic carbocycles. The van der Waals surface area contributed by atoms with Crippen LogP contribution in [0.3, 0.4) is 0 Å². The number of benzene rings is 1. The first-order chi connectivity index (χ1) is 11.1. The molecular weight excluding hydrogens is 358 g/mol. The smallest absolute Gasteiger partial charge is 0.259 e. The van der Waals surface area contributed by atoms with E-state index in [1.807, 2.05) is 37.3 Å². The molecule has 116 valence electrons. The Bertz CT molecular complexity index is 915. The zero-order chi connectivity index (χ0) is 16.0. The molecule has 0 radical (unpaired) electrons. The van der Waals surface area contributed by atoms with Gasteiger partial charge in [-0.25, -0.2) is 4.98 Å². The van der Waals surface area contributed by atoms with Crippen molar-refractivity contribution in [1.82, 2.24) is 10.1 Å². The molecule has 0 bridgehead atoms. The molecule has 3 aromatic rings. The van der Waals surface area contributed by atoms with Crippen LogP contribution in [0, 0.1) is 6.92 Å². The highest BCUT2D eigenvalue weighted by molar-refractivity contribution is 9.10. The second kappa shape index (κ2) is 5.45. The van der Waals surface area contributed by atoms with E-state index in [4.69, 9.17) is 4.52 Å². The average Bonchev–Trinajstić information content (AvgIpc) is 3.31. The Hall–Kier alpha value is -2.21. The van der Waals surface area contributed by atoms with E-state index in [1.54, 1.807) is 0 Å². The van der Waals surface area contributed by atoms with Crippen molar-refractivity contribution in [3.05, 3.63) is 51.8 Å². The van der Waals surface area contributed by atoms with Gasteiger partial charge in [0.25, 0.3) is 11.6 Å². The minimum Gasteiger partial charge on any atom is -0.336 e. The van der Waals surface area contributed by atoms with Crippen LogP contribution in [0.15, 0.2) is 39.3 Å². The minimum atomic E-state index is -0.177. The summed E-state index contributed by atoms with van der Waals surface area (Å²) in [5, 5.41) is 7.57. The summed E-state index contributed by atoms with van der Waals surface area (Å²) in [5.74, 6) is 0.255. The first-order valence-corrected chi connectivity index (χ1v) is 8.25. The van der Waals surface area contributed by atoms with Gasteiger partial charge >= 0.3 is 0 Å². The topological polar surface area (TPSA) is 68.0 Å². The van der Waals surface area contributed by atoms with Crippen LogP contribution in [-0.2, 0) is 0 Å². The molecule has 1 aliphatic rings. The van der Waals surface area contributed by atoms with Crippen LogP contribution >= 0.6 is 15.9 Å². The summed E-state index contributed by atoms with van der Waals surface area (Å²) < 4.78 is 6.19. The zero-order valence-electron chi connectivity index (χ0n) is 12.5. The number of nitrogens with one attached hydrogen (secondary N) is 1. The van der Waals surface area contributed by atoms with Crippen molar-refractivity contribution in [2.45, 2.75) is 25.7 Å². The fraction of sp³-hybridized carbons (Fsp3) is 0.235. The Labute approximate surface area is 141 Å². The highest BCUT2D eigenvalue weighted by atomic mass is 79.9. The number of pyridine rings is 1. The number of aryl methyl sites for hydroxylation is 1. The first kappa shape index (κ1) is 14.4. The largest absolute Gasteiger partial charge is 0.336 e. The third-order valence-electron chi connectivity index (χ3n) is 3.96. The summed E-state index contributed by atoms with van der Waals surface area (Å²) in [5.41, 5.74) is 3.32. The van der Waals surface area contributed by atoms with Crippen molar-refractivity contribution < 1.29 is 9.32 Å². The summed E-state index contributed by atoms with van der Waals surface area (Å²) in [6.45, 7) is 1.82. The Kier molecular flexibility index (Phi) is 3.41. The lowest BCUT2D eigenvalue weighted by molar-refractivity contribution is 0.102. The average molecular weight is 372 g/mol. The second-order valence-corrected chi connectivity index (χ2v) is 6.70.